The monoisotopic (exact) mass is 1660 g/mol. The number of hydrogen-bond acceptors (Lipinski definition) is 22. The van der Waals surface area contributed by atoms with Gasteiger partial charge in [-0.15, -0.1) is 10.2 Å². The molecule has 0 bridgehead atoms. The van der Waals surface area contributed by atoms with Crippen molar-refractivity contribution in [1.29, 1.82) is 0 Å². The van der Waals surface area contributed by atoms with Gasteiger partial charge in [-0.25, -0.2) is 64.0 Å². The van der Waals surface area contributed by atoms with Gasteiger partial charge in [-0.05, 0) is 236 Å². The fourth-order valence-electron chi connectivity index (χ4n) is 12.5. The lowest BCUT2D eigenvalue weighted by molar-refractivity contribution is 0.0492. The van der Waals surface area contributed by atoms with Crippen LogP contribution < -0.4 is 10.6 Å². The number of carbonyl (C=O) groups is 3. The average Bonchev–Trinajstić information content (AvgIpc) is 1.74. The number of amides is 2. The highest BCUT2D eigenvalue weighted by Crippen LogP contribution is 2.43. The SMILES string of the molecule is CCCCOC(=O)c1cc(-n2cnc(C3CC3)c2)c(C)cn1.Cc1cnc(C(=O)Nc2cccc(-c3nnnn3C(C)C)n2)cc1-n1cnc(C2CC2)c1.Cc1cnc(C(=O)Nc2cccc(-c3nnnn3C(C)C)n2)cc1-n1cnc(C2CC2)c1.Cc1cnc(Cl)cc1-n1cnc(C2CC2)c1.Cc1cnc(Cl)cc1Cl.c1ncc(C2CC2)[nH]1. The summed E-state index contributed by atoms with van der Waals surface area (Å²) >= 11 is 17.1. The average molecular weight is 1660 g/mol. The fourth-order valence-corrected chi connectivity index (χ4v) is 13.0. The second kappa shape index (κ2) is 37.8. The summed E-state index contributed by atoms with van der Waals surface area (Å²) in [7, 11) is 0. The van der Waals surface area contributed by atoms with Crippen LogP contribution in [0.25, 0.3) is 45.8 Å². The van der Waals surface area contributed by atoms with Gasteiger partial charge in [-0.1, -0.05) is 60.3 Å². The number of aromatic amines is 1. The number of aryl methyl sites for hydroxylation is 5. The second-order valence-corrected chi connectivity index (χ2v) is 31.8. The zero-order chi connectivity index (χ0) is 83.4. The molecule has 5 fully saturated rings. The van der Waals surface area contributed by atoms with Crippen LogP contribution in [0.1, 0.15) is 241 Å². The first-order valence-electron chi connectivity index (χ1n) is 39.8. The van der Waals surface area contributed by atoms with Gasteiger partial charge in [0.15, 0.2) is 0 Å². The normalized spacial score (nSPS) is 13.9. The Morgan fingerprint density at radius 3 is 1.22 bits per heavy atom. The molecular weight excluding hydrogens is 1570 g/mol. The van der Waals surface area contributed by atoms with E-state index in [0.717, 1.165) is 86.4 Å². The Labute approximate surface area is 702 Å². The molecule has 0 aromatic carbocycles. The highest BCUT2D eigenvalue weighted by molar-refractivity contribution is 6.34. The van der Waals surface area contributed by atoms with E-state index in [-0.39, 0.29) is 29.9 Å². The predicted octanol–water partition coefficient (Wildman–Crippen LogP) is 17.2. The van der Waals surface area contributed by atoms with Crippen molar-refractivity contribution in [3.8, 4) is 45.8 Å². The number of imidazole rings is 5. The lowest BCUT2D eigenvalue weighted by Crippen LogP contribution is -2.16. The van der Waals surface area contributed by atoms with Crippen LogP contribution in [-0.2, 0) is 4.74 Å². The molecule has 0 spiro atoms. The number of esters is 1. The van der Waals surface area contributed by atoms with Crippen molar-refractivity contribution < 1.29 is 19.1 Å². The number of aromatic nitrogens is 25. The third kappa shape index (κ3) is 21.8. The van der Waals surface area contributed by atoms with Crippen LogP contribution in [0, 0.1) is 34.6 Å². The van der Waals surface area contributed by atoms with Crippen LogP contribution in [0.3, 0.4) is 0 Å². The molecule has 3 N–H and O–H groups in total. The van der Waals surface area contributed by atoms with Crippen LogP contribution in [0.2, 0.25) is 15.3 Å². The molecule has 14 aromatic heterocycles. The maximum Gasteiger partial charge on any atom is 0.356 e. The molecule has 5 aliphatic rings. The van der Waals surface area contributed by atoms with Gasteiger partial charge < -0.3 is 38.6 Å². The molecule has 19 rings (SSSR count). The van der Waals surface area contributed by atoms with E-state index in [4.69, 9.17) is 39.5 Å². The number of unbranched alkanes of at least 4 members (excludes halogenated alkanes) is 1. The molecule has 34 heteroatoms. The van der Waals surface area contributed by atoms with Crippen molar-refractivity contribution in [2.24, 2.45) is 0 Å². The predicted molar refractivity (Wildman–Crippen MR) is 451 cm³/mol. The number of nitrogens with one attached hydrogen (secondary N) is 3. The van der Waals surface area contributed by atoms with Crippen LogP contribution in [0.15, 0.2) is 160 Å². The van der Waals surface area contributed by atoms with Crippen LogP contribution in [0.5, 0.6) is 0 Å². The van der Waals surface area contributed by atoms with Crippen molar-refractivity contribution in [3.05, 3.63) is 249 Å². The lowest BCUT2D eigenvalue weighted by atomic mass is 10.2. The van der Waals surface area contributed by atoms with E-state index in [9.17, 15) is 14.4 Å². The van der Waals surface area contributed by atoms with Crippen LogP contribution in [-0.4, -0.2) is 148 Å². The smallest absolute Gasteiger partial charge is 0.356 e. The van der Waals surface area contributed by atoms with Crippen molar-refractivity contribution in [1.82, 2.24) is 123 Å². The third-order valence-corrected chi connectivity index (χ3v) is 20.9. The number of hydrogen-bond donors (Lipinski definition) is 3. The van der Waals surface area contributed by atoms with Gasteiger partial charge in [0.2, 0.25) is 11.6 Å². The number of carbonyl (C=O) groups excluding carboxylic acids is 3. The first-order valence-corrected chi connectivity index (χ1v) is 41.0. The zero-order valence-electron chi connectivity index (χ0n) is 67.7. The number of ether oxygens (including phenoxy) is 1. The summed E-state index contributed by atoms with van der Waals surface area (Å²) in [6.07, 6.45) is 42.0. The molecular formula is C85H92Cl3N27O4. The molecule has 0 saturated heterocycles. The van der Waals surface area contributed by atoms with Gasteiger partial charge in [0.1, 0.15) is 50.4 Å². The molecule has 0 atom stereocenters. The molecule has 14 heterocycles. The number of halogens is 3. The van der Waals surface area contributed by atoms with Crippen molar-refractivity contribution in [2.75, 3.05) is 17.2 Å². The molecule has 2 amide bonds. The quantitative estimate of drug-likeness (QED) is 0.0342. The zero-order valence-corrected chi connectivity index (χ0v) is 70.0. The second-order valence-electron chi connectivity index (χ2n) is 30.6. The topological polar surface area (TPSA) is 362 Å². The third-order valence-electron chi connectivity index (χ3n) is 20.1. The van der Waals surface area contributed by atoms with E-state index < -0.39 is 0 Å². The Morgan fingerprint density at radius 1 is 0.471 bits per heavy atom. The molecule has 5 saturated carbocycles. The standard InChI is InChI=1S/2C22H23N9O.C17H21N3O2.C12H12ClN3.C6H5Cl2N.C6H8N2/c2*1-13(2)31-21(27-28-29-31)16-5-4-6-20(25-16)26-22(32)17-9-19(14(3)10-23-17)30-11-18(24-12-30)15-7-8-15;1-3-4-7-22-17(21)14-8-16(12(2)9-18-14)20-10-15(19-11-20)13-5-6-13;1-8-5-14-12(13)4-11(8)16-6-10(15-7-16)9-2-3-9;1-4-3-9-6(8)2-5(4)7;1-2-5(1)6-3-7-4-8-6/h2*4-6,9-13,15H,7-8H2,1-3H3,(H,25,26,32);8-11,13H,3-7H2,1-2H3;4-7,9H,2-3H2,1H3;2-3H,1H3;3-5H,1-2H2,(H,7,8). The Bertz CT molecular complexity index is 5650. The highest BCUT2D eigenvalue weighted by Gasteiger charge is 2.30. The fraction of sp³-hybridized carbons (Fsp3) is 0.353. The van der Waals surface area contributed by atoms with Gasteiger partial charge >= 0.3 is 5.97 Å². The molecule has 0 aliphatic heterocycles. The number of H-pyrrole nitrogens is 1. The Kier molecular flexibility index (Phi) is 26.4. The van der Waals surface area contributed by atoms with Crippen molar-refractivity contribution in [2.45, 2.75) is 188 Å². The number of tetrazole rings is 2. The van der Waals surface area contributed by atoms with Crippen molar-refractivity contribution >= 4 is 64.2 Å². The molecule has 31 nitrogen and oxygen atoms in total. The summed E-state index contributed by atoms with van der Waals surface area (Å²) in [5.41, 5.74) is 16.6. The van der Waals surface area contributed by atoms with E-state index in [1.807, 2.05) is 124 Å². The van der Waals surface area contributed by atoms with Crippen LogP contribution in [0.4, 0.5) is 11.6 Å². The largest absolute Gasteiger partial charge is 0.461 e. The number of pyridine rings is 7. The summed E-state index contributed by atoms with van der Waals surface area (Å²) in [5, 5.41) is 30.9. The minimum absolute atomic E-state index is 0.0823. The van der Waals surface area contributed by atoms with Gasteiger partial charge in [0, 0.05) is 102 Å². The molecule has 612 valence electrons. The highest BCUT2D eigenvalue weighted by atomic mass is 35.5. The number of rotatable bonds is 21. The van der Waals surface area contributed by atoms with Gasteiger partial charge in [-0.3, -0.25) is 19.6 Å². The summed E-state index contributed by atoms with van der Waals surface area (Å²) in [6.45, 7) is 20.3. The first kappa shape index (κ1) is 83.0. The van der Waals surface area contributed by atoms with E-state index >= 15 is 0 Å². The maximum absolute atomic E-state index is 12.9. The number of anilines is 2. The van der Waals surface area contributed by atoms with E-state index in [2.05, 4.69) is 120 Å². The van der Waals surface area contributed by atoms with E-state index in [0.29, 0.717) is 97.4 Å². The molecule has 5 aliphatic carbocycles. The Balaban J connectivity index is 0.000000124. The van der Waals surface area contributed by atoms with E-state index in [1.54, 1.807) is 120 Å². The van der Waals surface area contributed by atoms with Crippen LogP contribution >= 0.6 is 34.8 Å². The molecule has 119 heavy (non-hydrogen) atoms. The Hall–Kier alpha value is -12.5. The molecule has 0 unspecified atom stereocenters. The summed E-state index contributed by atoms with van der Waals surface area (Å²) in [5.74, 6) is 4.06. The first-order chi connectivity index (χ1) is 57.6. The minimum atomic E-state index is -0.364. The van der Waals surface area contributed by atoms with E-state index in [1.165, 1.54) is 75.6 Å². The maximum atomic E-state index is 12.9. The summed E-state index contributed by atoms with van der Waals surface area (Å²) < 4.78 is 16.5. The van der Waals surface area contributed by atoms with Crippen molar-refractivity contribution in [3.63, 3.8) is 0 Å². The summed E-state index contributed by atoms with van der Waals surface area (Å²) in [6, 6.07) is 19.6. The van der Waals surface area contributed by atoms with Gasteiger partial charge in [0.25, 0.3) is 11.8 Å². The van der Waals surface area contributed by atoms with Gasteiger partial charge in [-0.2, -0.15) is 0 Å². The molecule has 14 aromatic rings. The minimum Gasteiger partial charge on any atom is -0.461 e. The van der Waals surface area contributed by atoms with Gasteiger partial charge in [0.05, 0.1) is 95.9 Å². The molecule has 0 radical (unpaired) electrons. The summed E-state index contributed by atoms with van der Waals surface area (Å²) in [4.78, 5) is 92.5. The Morgan fingerprint density at radius 2 is 0.849 bits per heavy atom. The number of nitrogens with zero attached hydrogens (tertiary/aromatic N) is 24. The lowest BCUT2D eigenvalue weighted by Gasteiger charge is -2.10.